The van der Waals surface area contributed by atoms with Crippen LogP contribution in [-0.2, 0) is 4.74 Å². The molecule has 6 nitrogen and oxygen atoms in total. The van der Waals surface area contributed by atoms with Gasteiger partial charge >= 0.3 is 12.0 Å². The third kappa shape index (κ3) is 2.78. The number of benzene rings is 2. The van der Waals surface area contributed by atoms with Crippen LogP contribution in [0.5, 0.6) is 0 Å². The molecule has 0 saturated carbocycles. The highest BCUT2D eigenvalue weighted by Crippen LogP contribution is 2.30. The Morgan fingerprint density at radius 3 is 2.36 bits per heavy atom. The first-order valence-corrected chi connectivity index (χ1v) is 7.87. The van der Waals surface area contributed by atoms with Crippen LogP contribution < -0.4 is 9.80 Å². The molecule has 1 aliphatic rings. The zero-order valence-electron chi connectivity index (χ0n) is 13.6. The largest absolute Gasteiger partial charge is 0.465 e. The van der Waals surface area contributed by atoms with Crippen LogP contribution in [0.4, 0.5) is 16.2 Å². The number of amides is 2. The average Bonchev–Trinajstić information content (AvgIpc) is 2.84. The second kappa shape index (κ2) is 6.45. The zero-order chi connectivity index (χ0) is 18.1. The molecule has 1 saturated heterocycles. The van der Waals surface area contributed by atoms with Gasteiger partial charge in [-0.25, -0.2) is 19.4 Å². The number of methoxy groups -OCH3 is 1. The van der Waals surface area contributed by atoms with Gasteiger partial charge in [-0.2, -0.15) is 0 Å². The lowest BCUT2D eigenvalue weighted by molar-refractivity contribution is 0.0601. The van der Waals surface area contributed by atoms with Crippen molar-refractivity contribution in [3.8, 4) is 0 Å². The molecule has 7 heteroatoms. The molecule has 0 aromatic heterocycles. The van der Waals surface area contributed by atoms with Gasteiger partial charge in [0.1, 0.15) is 0 Å². The highest BCUT2D eigenvalue weighted by molar-refractivity contribution is 7.82. The molecule has 126 valence electrons. The summed E-state index contributed by atoms with van der Waals surface area (Å²) >= 11 is 5.29. The molecule has 0 spiro atoms. The number of thiocarbonyl (C=S) groups is 1. The van der Waals surface area contributed by atoms with Gasteiger partial charge in [-0.3, -0.25) is 5.41 Å². The summed E-state index contributed by atoms with van der Waals surface area (Å²) in [7, 11) is 1.27. The number of hydrogen-bond acceptors (Lipinski definition) is 5. The van der Waals surface area contributed by atoms with Crippen molar-refractivity contribution < 1.29 is 14.3 Å². The number of anilines is 2. The monoisotopic (exact) mass is 353 g/mol. The highest BCUT2D eigenvalue weighted by Gasteiger charge is 2.41. The zero-order valence-corrected chi connectivity index (χ0v) is 14.5. The number of ether oxygens (including phenoxy) is 1. The number of carbonyl (C=O) groups is 2. The molecule has 1 fully saturated rings. The predicted molar refractivity (Wildman–Crippen MR) is 99.6 cm³/mol. The number of esters is 1. The fraction of sp³-hybridized carbons (Fsp3) is 0.111. The maximum atomic E-state index is 12.9. The lowest BCUT2D eigenvalue weighted by Crippen LogP contribution is -2.34. The van der Waals surface area contributed by atoms with Gasteiger partial charge in [0.2, 0.25) is 0 Å². The summed E-state index contributed by atoms with van der Waals surface area (Å²) in [6, 6.07) is 13.2. The average molecular weight is 353 g/mol. The maximum absolute atomic E-state index is 12.9. The summed E-state index contributed by atoms with van der Waals surface area (Å²) in [6.45, 7) is 1.93. The normalized spacial score (nSPS) is 14.2. The third-order valence-electron chi connectivity index (χ3n) is 3.85. The number of aryl methyl sites for hydroxylation is 1. The van der Waals surface area contributed by atoms with E-state index >= 15 is 0 Å². The molecule has 2 aromatic carbocycles. The van der Waals surface area contributed by atoms with Crippen LogP contribution in [0.3, 0.4) is 0 Å². The first kappa shape index (κ1) is 16.8. The molecule has 3 rings (SSSR count). The number of carbonyl (C=O) groups excluding carboxylic acids is 2. The molecule has 0 unspecified atom stereocenters. The van der Waals surface area contributed by atoms with E-state index in [0.717, 1.165) is 5.56 Å². The van der Waals surface area contributed by atoms with E-state index in [1.54, 1.807) is 36.4 Å². The second-order valence-corrected chi connectivity index (χ2v) is 5.84. The quantitative estimate of drug-likeness (QED) is 0.677. The van der Waals surface area contributed by atoms with E-state index in [2.05, 4.69) is 0 Å². The van der Waals surface area contributed by atoms with E-state index in [1.165, 1.54) is 16.9 Å². The van der Waals surface area contributed by atoms with Crippen molar-refractivity contribution in [1.29, 1.82) is 5.41 Å². The Morgan fingerprint density at radius 1 is 1.08 bits per heavy atom. The maximum Gasteiger partial charge on any atom is 0.340 e. The smallest absolute Gasteiger partial charge is 0.340 e. The van der Waals surface area contributed by atoms with Crippen molar-refractivity contribution in [2.75, 3.05) is 16.9 Å². The molecule has 1 aliphatic heterocycles. The number of nitrogens with zero attached hydrogens (tertiary/aromatic N) is 2. The lowest BCUT2D eigenvalue weighted by atomic mass is 10.1. The van der Waals surface area contributed by atoms with E-state index in [0.29, 0.717) is 11.4 Å². The Morgan fingerprint density at radius 2 is 1.72 bits per heavy atom. The van der Waals surface area contributed by atoms with Gasteiger partial charge in [0.05, 0.1) is 24.0 Å². The summed E-state index contributed by atoms with van der Waals surface area (Å²) < 4.78 is 4.77. The van der Waals surface area contributed by atoms with Gasteiger partial charge in [-0.05, 0) is 31.2 Å². The van der Waals surface area contributed by atoms with E-state index in [9.17, 15) is 9.59 Å². The van der Waals surface area contributed by atoms with Gasteiger partial charge in [0.25, 0.3) is 0 Å². The number of urea groups is 1. The van der Waals surface area contributed by atoms with Gasteiger partial charge in [-0.15, -0.1) is 0 Å². The summed E-state index contributed by atoms with van der Waals surface area (Å²) in [5.74, 6) is -0.685. The second-order valence-electron chi connectivity index (χ2n) is 5.45. The van der Waals surface area contributed by atoms with Gasteiger partial charge in [0, 0.05) is 0 Å². The lowest BCUT2D eigenvalue weighted by Gasteiger charge is -2.19. The molecule has 0 bridgehead atoms. The van der Waals surface area contributed by atoms with Crippen molar-refractivity contribution in [2.24, 2.45) is 0 Å². The van der Waals surface area contributed by atoms with Gasteiger partial charge < -0.3 is 4.74 Å². The van der Waals surface area contributed by atoms with Crippen LogP contribution >= 0.6 is 12.2 Å². The molecule has 25 heavy (non-hydrogen) atoms. The van der Waals surface area contributed by atoms with E-state index in [4.69, 9.17) is 22.4 Å². The number of rotatable bonds is 3. The minimum Gasteiger partial charge on any atom is -0.465 e. The molecule has 2 amide bonds. The Bertz CT molecular complexity index is 893. The SMILES string of the molecule is COC(=O)c1ccccc1N1C(=O)N(c2ccc(C)cc2)C(=N)C1=S. The van der Waals surface area contributed by atoms with Crippen LogP contribution in [0.25, 0.3) is 0 Å². The molecular weight excluding hydrogens is 338 g/mol. The Balaban J connectivity index is 2.06. The minimum atomic E-state index is -0.577. The topological polar surface area (TPSA) is 73.7 Å². The van der Waals surface area contributed by atoms with Crippen LogP contribution in [0.2, 0.25) is 0 Å². The summed E-state index contributed by atoms with van der Waals surface area (Å²) in [6.07, 6.45) is 0. The number of para-hydroxylation sites is 1. The third-order valence-corrected chi connectivity index (χ3v) is 4.23. The Hall–Kier alpha value is -3.06. The standard InChI is InChI=1S/C18H15N3O3S/c1-11-7-9-12(10-8-11)20-15(19)16(25)21(18(20)23)14-6-4-3-5-13(14)17(22)24-2/h3-10,19H,1-2H3. The molecule has 1 N–H and O–H groups in total. The molecule has 0 atom stereocenters. The summed E-state index contributed by atoms with van der Waals surface area (Å²) in [4.78, 5) is 27.4. The predicted octanol–water partition coefficient (Wildman–Crippen LogP) is 3.53. The Labute approximate surface area is 150 Å². The van der Waals surface area contributed by atoms with E-state index in [1.807, 2.05) is 19.1 Å². The van der Waals surface area contributed by atoms with Crippen molar-refractivity contribution >= 4 is 46.4 Å². The summed E-state index contributed by atoms with van der Waals surface area (Å²) in [5.41, 5.74) is 2.08. The van der Waals surface area contributed by atoms with Crippen LogP contribution in [0.15, 0.2) is 48.5 Å². The van der Waals surface area contributed by atoms with Crippen molar-refractivity contribution in [2.45, 2.75) is 6.92 Å². The fourth-order valence-electron chi connectivity index (χ4n) is 2.58. The van der Waals surface area contributed by atoms with Crippen molar-refractivity contribution in [3.63, 3.8) is 0 Å². The number of amidine groups is 1. The fourth-order valence-corrected chi connectivity index (χ4v) is 2.85. The number of hydrogen-bond donors (Lipinski definition) is 1. The molecule has 2 aromatic rings. The molecule has 0 aliphatic carbocycles. The number of nitrogens with one attached hydrogen (secondary N) is 1. The van der Waals surface area contributed by atoms with Gasteiger partial charge in [0.15, 0.2) is 10.8 Å². The van der Waals surface area contributed by atoms with Crippen LogP contribution in [-0.4, -0.2) is 29.9 Å². The molecular formula is C18H15N3O3S. The minimum absolute atomic E-state index is 0.0296. The van der Waals surface area contributed by atoms with E-state index in [-0.39, 0.29) is 16.4 Å². The Kier molecular flexibility index (Phi) is 4.33. The van der Waals surface area contributed by atoms with Crippen LogP contribution in [0.1, 0.15) is 15.9 Å². The first-order chi connectivity index (χ1) is 12.0. The molecule has 1 heterocycles. The van der Waals surface area contributed by atoms with Crippen molar-refractivity contribution in [3.05, 3.63) is 59.7 Å². The summed E-state index contributed by atoms with van der Waals surface area (Å²) in [5, 5.41) is 8.24. The van der Waals surface area contributed by atoms with E-state index < -0.39 is 12.0 Å². The first-order valence-electron chi connectivity index (χ1n) is 7.47. The molecule has 0 radical (unpaired) electrons. The van der Waals surface area contributed by atoms with Gasteiger partial charge in [-0.1, -0.05) is 42.0 Å². The van der Waals surface area contributed by atoms with Crippen LogP contribution in [0, 0.1) is 12.3 Å². The highest BCUT2D eigenvalue weighted by atomic mass is 32.1. The van der Waals surface area contributed by atoms with Crippen molar-refractivity contribution in [1.82, 2.24) is 0 Å².